The van der Waals surface area contributed by atoms with Gasteiger partial charge in [-0.1, -0.05) is 12.1 Å². The van der Waals surface area contributed by atoms with Crippen LogP contribution in [0.15, 0.2) is 24.3 Å². The molecule has 0 saturated carbocycles. The van der Waals surface area contributed by atoms with Crippen LogP contribution in [-0.4, -0.2) is 20.3 Å². The normalized spacial score (nSPS) is 18.6. The number of halogens is 1. The number of nitrogens with two attached hydrogens (primary N) is 1. The van der Waals surface area contributed by atoms with Gasteiger partial charge in [0.05, 0.1) is 7.11 Å². The first-order valence-electron chi connectivity index (χ1n) is 5.26. The van der Waals surface area contributed by atoms with Gasteiger partial charge in [-0.05, 0) is 30.5 Å². The summed E-state index contributed by atoms with van der Waals surface area (Å²) in [5.74, 6) is 0.870. The molecular formula is C12H18ClNO2. The Balaban J connectivity index is 0.00000128. The van der Waals surface area contributed by atoms with Crippen LogP contribution in [0, 0.1) is 0 Å². The first kappa shape index (κ1) is 13.3. The van der Waals surface area contributed by atoms with Crippen LogP contribution in [0.3, 0.4) is 0 Å². The van der Waals surface area contributed by atoms with E-state index in [2.05, 4.69) is 0 Å². The van der Waals surface area contributed by atoms with E-state index in [1.807, 2.05) is 24.3 Å². The summed E-state index contributed by atoms with van der Waals surface area (Å²) in [6.07, 6.45) is 1.78. The van der Waals surface area contributed by atoms with Gasteiger partial charge in [-0.25, -0.2) is 0 Å². The maximum absolute atomic E-state index is 6.35. The Hall–Kier alpha value is -0.770. The molecule has 16 heavy (non-hydrogen) atoms. The topological polar surface area (TPSA) is 44.5 Å². The maximum atomic E-state index is 6.35. The summed E-state index contributed by atoms with van der Waals surface area (Å²) in [6, 6.07) is 8.01. The van der Waals surface area contributed by atoms with Gasteiger partial charge in [-0.2, -0.15) is 0 Å². The molecule has 1 aliphatic rings. The van der Waals surface area contributed by atoms with Gasteiger partial charge in [0.15, 0.2) is 0 Å². The summed E-state index contributed by atoms with van der Waals surface area (Å²) in [4.78, 5) is 0. The van der Waals surface area contributed by atoms with Crippen molar-refractivity contribution in [3.05, 3.63) is 29.8 Å². The van der Waals surface area contributed by atoms with Crippen molar-refractivity contribution < 1.29 is 9.47 Å². The molecule has 0 aromatic heterocycles. The standard InChI is InChI=1S/C12H17NO2.ClH/c1-14-11-4-2-10(3-5-11)12(13)6-8-15-9-7-12;/h2-5H,6-9,13H2,1H3;1H. The van der Waals surface area contributed by atoms with E-state index in [4.69, 9.17) is 15.2 Å². The Kier molecular flexibility index (Phi) is 4.59. The number of rotatable bonds is 2. The van der Waals surface area contributed by atoms with Gasteiger partial charge in [-0.15, -0.1) is 12.4 Å². The third-order valence-corrected chi connectivity index (χ3v) is 3.05. The molecule has 1 aromatic rings. The van der Waals surface area contributed by atoms with E-state index in [0.717, 1.165) is 31.8 Å². The van der Waals surface area contributed by atoms with Gasteiger partial charge in [0.25, 0.3) is 0 Å². The lowest BCUT2D eigenvalue weighted by Crippen LogP contribution is -2.42. The number of hydrogen-bond donors (Lipinski definition) is 1. The quantitative estimate of drug-likeness (QED) is 0.865. The number of hydrogen-bond acceptors (Lipinski definition) is 3. The van der Waals surface area contributed by atoms with Crippen molar-refractivity contribution in [2.75, 3.05) is 20.3 Å². The lowest BCUT2D eigenvalue weighted by Gasteiger charge is -2.33. The smallest absolute Gasteiger partial charge is 0.118 e. The molecule has 1 heterocycles. The molecule has 0 unspecified atom stereocenters. The van der Waals surface area contributed by atoms with E-state index in [9.17, 15) is 0 Å². The lowest BCUT2D eigenvalue weighted by molar-refractivity contribution is 0.0522. The number of benzene rings is 1. The van der Waals surface area contributed by atoms with Crippen molar-refractivity contribution in [3.8, 4) is 5.75 Å². The molecule has 90 valence electrons. The van der Waals surface area contributed by atoms with Gasteiger partial charge in [0, 0.05) is 18.8 Å². The van der Waals surface area contributed by atoms with Gasteiger partial charge < -0.3 is 15.2 Å². The predicted octanol–water partition coefficient (Wildman–Crippen LogP) is 2.08. The molecule has 0 spiro atoms. The zero-order valence-electron chi connectivity index (χ0n) is 9.44. The largest absolute Gasteiger partial charge is 0.497 e. The van der Waals surface area contributed by atoms with Crippen LogP contribution in [0.25, 0.3) is 0 Å². The first-order valence-corrected chi connectivity index (χ1v) is 5.26. The van der Waals surface area contributed by atoms with Crippen molar-refractivity contribution in [1.82, 2.24) is 0 Å². The predicted molar refractivity (Wildman–Crippen MR) is 66.2 cm³/mol. The Bertz CT molecular complexity index is 320. The molecule has 4 heteroatoms. The SMILES string of the molecule is COc1ccc(C2(N)CCOCC2)cc1.Cl. The summed E-state index contributed by atoms with van der Waals surface area (Å²) < 4.78 is 10.5. The van der Waals surface area contributed by atoms with Crippen molar-refractivity contribution in [3.63, 3.8) is 0 Å². The summed E-state index contributed by atoms with van der Waals surface area (Å²) in [7, 11) is 1.67. The molecule has 1 aromatic carbocycles. The summed E-state index contributed by atoms with van der Waals surface area (Å²) in [5, 5.41) is 0. The Morgan fingerprint density at radius 1 is 1.19 bits per heavy atom. The highest BCUT2D eigenvalue weighted by molar-refractivity contribution is 5.85. The highest BCUT2D eigenvalue weighted by Gasteiger charge is 2.29. The zero-order chi connectivity index (χ0) is 10.7. The lowest BCUT2D eigenvalue weighted by atomic mass is 9.84. The molecule has 3 nitrogen and oxygen atoms in total. The maximum Gasteiger partial charge on any atom is 0.118 e. The fraction of sp³-hybridized carbons (Fsp3) is 0.500. The fourth-order valence-electron chi connectivity index (χ4n) is 1.95. The first-order chi connectivity index (χ1) is 7.24. The minimum Gasteiger partial charge on any atom is -0.497 e. The van der Waals surface area contributed by atoms with Crippen molar-refractivity contribution in [2.45, 2.75) is 18.4 Å². The van der Waals surface area contributed by atoms with E-state index < -0.39 is 0 Å². The van der Waals surface area contributed by atoms with Gasteiger partial charge in [0.2, 0.25) is 0 Å². The number of methoxy groups -OCH3 is 1. The molecule has 0 bridgehead atoms. The monoisotopic (exact) mass is 243 g/mol. The van der Waals surface area contributed by atoms with Crippen molar-refractivity contribution in [2.24, 2.45) is 5.73 Å². The molecule has 0 aliphatic carbocycles. The van der Waals surface area contributed by atoms with Crippen LogP contribution in [0.4, 0.5) is 0 Å². The van der Waals surface area contributed by atoms with Crippen LogP contribution >= 0.6 is 12.4 Å². The van der Waals surface area contributed by atoms with Crippen molar-refractivity contribution >= 4 is 12.4 Å². The van der Waals surface area contributed by atoms with E-state index in [0.29, 0.717) is 0 Å². The molecule has 0 amide bonds. The molecule has 0 radical (unpaired) electrons. The third-order valence-electron chi connectivity index (χ3n) is 3.05. The van der Waals surface area contributed by atoms with Crippen LogP contribution in [0.1, 0.15) is 18.4 Å². The van der Waals surface area contributed by atoms with E-state index in [1.165, 1.54) is 5.56 Å². The molecular weight excluding hydrogens is 226 g/mol. The summed E-state index contributed by atoms with van der Waals surface area (Å²) in [5.41, 5.74) is 7.31. The Morgan fingerprint density at radius 2 is 1.75 bits per heavy atom. The number of ether oxygens (including phenoxy) is 2. The van der Waals surface area contributed by atoms with Gasteiger partial charge >= 0.3 is 0 Å². The molecule has 1 aliphatic heterocycles. The average molecular weight is 244 g/mol. The van der Waals surface area contributed by atoms with Crippen LogP contribution in [0.2, 0.25) is 0 Å². The molecule has 0 atom stereocenters. The van der Waals surface area contributed by atoms with Gasteiger partial charge in [0.1, 0.15) is 5.75 Å². The van der Waals surface area contributed by atoms with Gasteiger partial charge in [-0.3, -0.25) is 0 Å². The van der Waals surface area contributed by atoms with E-state index >= 15 is 0 Å². The summed E-state index contributed by atoms with van der Waals surface area (Å²) in [6.45, 7) is 1.51. The highest BCUT2D eigenvalue weighted by atomic mass is 35.5. The van der Waals surface area contributed by atoms with Crippen LogP contribution in [-0.2, 0) is 10.3 Å². The van der Waals surface area contributed by atoms with Crippen LogP contribution < -0.4 is 10.5 Å². The summed E-state index contributed by atoms with van der Waals surface area (Å²) >= 11 is 0. The highest BCUT2D eigenvalue weighted by Crippen LogP contribution is 2.30. The van der Waals surface area contributed by atoms with Crippen LogP contribution in [0.5, 0.6) is 5.75 Å². The van der Waals surface area contributed by atoms with E-state index in [-0.39, 0.29) is 17.9 Å². The minimum atomic E-state index is -0.218. The average Bonchev–Trinajstić information content (AvgIpc) is 2.30. The zero-order valence-corrected chi connectivity index (χ0v) is 10.3. The Morgan fingerprint density at radius 3 is 2.25 bits per heavy atom. The second-order valence-corrected chi connectivity index (χ2v) is 4.00. The molecule has 2 rings (SSSR count). The second kappa shape index (κ2) is 5.53. The Labute approximate surface area is 102 Å². The third kappa shape index (κ3) is 2.67. The van der Waals surface area contributed by atoms with E-state index in [1.54, 1.807) is 7.11 Å². The molecule has 1 saturated heterocycles. The second-order valence-electron chi connectivity index (χ2n) is 4.00. The minimum absolute atomic E-state index is 0. The fourth-order valence-corrected chi connectivity index (χ4v) is 1.95. The molecule has 1 fully saturated rings. The molecule has 2 N–H and O–H groups in total. The van der Waals surface area contributed by atoms with Crippen molar-refractivity contribution in [1.29, 1.82) is 0 Å².